The molecule has 1 saturated heterocycles. The largest absolute Gasteiger partial charge is 0.481 e. The summed E-state index contributed by atoms with van der Waals surface area (Å²) in [5.74, 6) is -0.610. The van der Waals surface area contributed by atoms with Gasteiger partial charge in [-0.05, 0) is 53.0 Å². The van der Waals surface area contributed by atoms with Gasteiger partial charge in [-0.2, -0.15) is 4.52 Å². The normalized spacial score (nSPS) is 17.4. The molecule has 1 aliphatic heterocycles. The number of nitrogens with zero attached hydrogens (tertiary/aromatic N) is 4. The molecule has 1 amide bonds. The standard InChI is InChI=1S/C17H16BrN5O4/c18-12-4-3-11(27-12)15-20-14-7-10(6-13(19)23(14)21-15)16(24)22-5-1-2-9(8-22)17(25)26/h3-4,6-7,9H,1-2,5,8,19H2,(H,25,26). The van der Waals surface area contributed by atoms with E-state index in [0.717, 1.165) is 0 Å². The quantitative estimate of drug-likeness (QED) is 0.648. The van der Waals surface area contributed by atoms with Crippen molar-refractivity contribution in [3.8, 4) is 11.6 Å². The summed E-state index contributed by atoms with van der Waals surface area (Å²) >= 11 is 3.23. The Morgan fingerprint density at radius 3 is 2.85 bits per heavy atom. The molecule has 10 heteroatoms. The van der Waals surface area contributed by atoms with Gasteiger partial charge in [-0.1, -0.05) is 0 Å². The predicted octanol–water partition coefficient (Wildman–Crippen LogP) is 2.27. The first-order valence-corrected chi connectivity index (χ1v) is 9.16. The summed E-state index contributed by atoms with van der Waals surface area (Å²) in [5, 5.41) is 13.5. The maximum Gasteiger partial charge on any atom is 0.308 e. The van der Waals surface area contributed by atoms with Gasteiger partial charge in [0, 0.05) is 18.7 Å². The lowest BCUT2D eigenvalue weighted by Gasteiger charge is -2.30. The molecule has 3 N–H and O–H groups in total. The molecule has 27 heavy (non-hydrogen) atoms. The van der Waals surface area contributed by atoms with Crippen LogP contribution in [0.15, 0.2) is 33.4 Å². The summed E-state index contributed by atoms with van der Waals surface area (Å²) < 4.78 is 7.44. The molecule has 1 unspecified atom stereocenters. The van der Waals surface area contributed by atoms with Crippen molar-refractivity contribution < 1.29 is 19.1 Å². The van der Waals surface area contributed by atoms with Crippen molar-refractivity contribution in [1.82, 2.24) is 19.5 Å². The van der Waals surface area contributed by atoms with Crippen molar-refractivity contribution in [1.29, 1.82) is 0 Å². The van der Waals surface area contributed by atoms with Gasteiger partial charge < -0.3 is 20.2 Å². The van der Waals surface area contributed by atoms with E-state index < -0.39 is 11.9 Å². The van der Waals surface area contributed by atoms with Crippen molar-refractivity contribution in [2.75, 3.05) is 18.8 Å². The Hall–Kier alpha value is -2.88. The number of carbonyl (C=O) groups is 2. The molecular formula is C17H16BrN5O4. The van der Waals surface area contributed by atoms with E-state index in [1.807, 2.05) is 0 Å². The van der Waals surface area contributed by atoms with Crippen molar-refractivity contribution >= 4 is 39.3 Å². The number of hydrogen-bond donors (Lipinski definition) is 2. The first kappa shape index (κ1) is 17.5. The highest BCUT2D eigenvalue weighted by atomic mass is 79.9. The molecule has 0 saturated carbocycles. The lowest BCUT2D eigenvalue weighted by Crippen LogP contribution is -2.42. The van der Waals surface area contributed by atoms with E-state index in [4.69, 9.17) is 10.2 Å². The van der Waals surface area contributed by atoms with Crippen molar-refractivity contribution in [3.05, 3.63) is 34.5 Å². The number of pyridine rings is 1. The summed E-state index contributed by atoms with van der Waals surface area (Å²) in [6.07, 6.45) is 1.23. The van der Waals surface area contributed by atoms with Gasteiger partial charge in [0.2, 0.25) is 5.82 Å². The molecule has 3 aromatic heterocycles. The van der Waals surface area contributed by atoms with Crippen LogP contribution in [0.1, 0.15) is 23.2 Å². The number of nitrogen functional groups attached to an aromatic ring is 1. The fraction of sp³-hybridized carbons (Fsp3) is 0.294. The van der Waals surface area contributed by atoms with Gasteiger partial charge in [0.15, 0.2) is 16.1 Å². The number of halogens is 1. The lowest BCUT2D eigenvalue weighted by atomic mass is 9.98. The maximum absolute atomic E-state index is 12.8. The fourth-order valence-electron chi connectivity index (χ4n) is 3.22. The number of carboxylic acid groups (broad SMARTS) is 1. The summed E-state index contributed by atoms with van der Waals surface area (Å²) in [7, 11) is 0. The number of nitrogens with two attached hydrogens (primary N) is 1. The van der Waals surface area contributed by atoms with E-state index >= 15 is 0 Å². The third kappa shape index (κ3) is 3.27. The van der Waals surface area contributed by atoms with E-state index in [0.29, 0.717) is 46.9 Å². The average molecular weight is 434 g/mol. The van der Waals surface area contributed by atoms with Gasteiger partial charge >= 0.3 is 5.97 Å². The minimum atomic E-state index is -0.880. The van der Waals surface area contributed by atoms with E-state index in [-0.39, 0.29) is 18.3 Å². The van der Waals surface area contributed by atoms with Crippen LogP contribution < -0.4 is 5.73 Å². The van der Waals surface area contributed by atoms with Gasteiger partial charge in [-0.15, -0.1) is 5.10 Å². The third-order valence-electron chi connectivity index (χ3n) is 4.56. The summed E-state index contributed by atoms with van der Waals surface area (Å²) in [5.41, 5.74) is 6.81. The van der Waals surface area contributed by atoms with Gasteiger partial charge in [0.1, 0.15) is 5.82 Å². The van der Waals surface area contributed by atoms with E-state index in [9.17, 15) is 14.7 Å². The molecule has 0 radical (unpaired) electrons. The summed E-state index contributed by atoms with van der Waals surface area (Å²) in [6, 6.07) is 6.57. The molecular weight excluding hydrogens is 418 g/mol. The van der Waals surface area contributed by atoms with Crippen LogP contribution in [0.5, 0.6) is 0 Å². The SMILES string of the molecule is Nc1cc(C(=O)N2CCCC(C(=O)O)C2)cc2nc(-c3ccc(Br)o3)nn12. The van der Waals surface area contributed by atoms with Crippen LogP contribution in [0.4, 0.5) is 5.82 Å². The number of carboxylic acids is 1. The smallest absolute Gasteiger partial charge is 0.308 e. The second kappa shape index (κ2) is 6.69. The molecule has 0 aromatic carbocycles. The Kier molecular flexibility index (Phi) is 4.34. The first-order valence-electron chi connectivity index (χ1n) is 8.36. The molecule has 0 bridgehead atoms. The zero-order valence-corrected chi connectivity index (χ0v) is 15.7. The van der Waals surface area contributed by atoms with Gasteiger partial charge in [0.25, 0.3) is 5.91 Å². The highest BCUT2D eigenvalue weighted by molar-refractivity contribution is 9.10. The van der Waals surface area contributed by atoms with E-state index in [1.54, 1.807) is 23.1 Å². The van der Waals surface area contributed by atoms with Crippen LogP contribution in [0, 0.1) is 5.92 Å². The highest BCUT2D eigenvalue weighted by Crippen LogP contribution is 2.25. The van der Waals surface area contributed by atoms with Crippen molar-refractivity contribution in [2.45, 2.75) is 12.8 Å². The predicted molar refractivity (Wildman–Crippen MR) is 99.1 cm³/mol. The Labute approximate surface area is 161 Å². The minimum Gasteiger partial charge on any atom is -0.481 e. The Balaban J connectivity index is 1.66. The Bertz CT molecular complexity index is 1040. The van der Waals surface area contributed by atoms with Gasteiger partial charge in [-0.25, -0.2) is 4.98 Å². The Morgan fingerprint density at radius 2 is 2.15 bits per heavy atom. The zero-order valence-electron chi connectivity index (χ0n) is 14.1. The van der Waals surface area contributed by atoms with Crippen LogP contribution in [-0.2, 0) is 4.79 Å². The number of fused-ring (bicyclic) bond motifs is 1. The first-order chi connectivity index (χ1) is 12.9. The number of aromatic nitrogens is 3. The molecule has 0 spiro atoms. The molecule has 9 nitrogen and oxygen atoms in total. The second-order valence-corrected chi connectivity index (χ2v) is 7.19. The Morgan fingerprint density at radius 1 is 1.33 bits per heavy atom. The number of furan rings is 1. The number of piperidine rings is 1. The number of carbonyl (C=O) groups excluding carboxylic acids is 1. The topological polar surface area (TPSA) is 127 Å². The van der Waals surface area contributed by atoms with Crippen LogP contribution in [-0.4, -0.2) is 49.6 Å². The highest BCUT2D eigenvalue weighted by Gasteiger charge is 2.29. The molecule has 1 aliphatic rings. The second-order valence-electron chi connectivity index (χ2n) is 6.41. The van der Waals surface area contributed by atoms with E-state index in [1.165, 1.54) is 10.6 Å². The maximum atomic E-state index is 12.8. The molecule has 4 heterocycles. The van der Waals surface area contributed by atoms with Crippen molar-refractivity contribution in [3.63, 3.8) is 0 Å². The lowest BCUT2D eigenvalue weighted by molar-refractivity contribution is -0.143. The zero-order chi connectivity index (χ0) is 19.1. The number of aliphatic carboxylic acids is 1. The number of hydrogen-bond acceptors (Lipinski definition) is 6. The summed E-state index contributed by atoms with van der Waals surface area (Å²) in [4.78, 5) is 30.0. The monoisotopic (exact) mass is 433 g/mol. The van der Waals surface area contributed by atoms with Crippen molar-refractivity contribution in [2.24, 2.45) is 5.92 Å². The number of likely N-dealkylation sites (tertiary alicyclic amines) is 1. The average Bonchev–Trinajstić information content (AvgIpc) is 3.27. The molecule has 1 fully saturated rings. The number of amides is 1. The van der Waals surface area contributed by atoms with E-state index in [2.05, 4.69) is 26.0 Å². The van der Waals surface area contributed by atoms with Gasteiger partial charge in [-0.3, -0.25) is 9.59 Å². The third-order valence-corrected chi connectivity index (χ3v) is 4.99. The van der Waals surface area contributed by atoms with Crippen LogP contribution >= 0.6 is 15.9 Å². The van der Waals surface area contributed by atoms with Crippen LogP contribution in [0.3, 0.4) is 0 Å². The minimum absolute atomic E-state index is 0.192. The molecule has 3 aromatic rings. The number of anilines is 1. The molecule has 4 rings (SSSR count). The fourth-order valence-corrected chi connectivity index (χ4v) is 3.52. The molecule has 0 aliphatic carbocycles. The van der Waals surface area contributed by atoms with Crippen LogP contribution in [0.2, 0.25) is 0 Å². The molecule has 140 valence electrons. The van der Waals surface area contributed by atoms with Gasteiger partial charge in [0.05, 0.1) is 5.92 Å². The van der Waals surface area contributed by atoms with Crippen LogP contribution in [0.25, 0.3) is 17.2 Å². The molecule has 1 atom stereocenters. The summed E-state index contributed by atoms with van der Waals surface area (Å²) in [6.45, 7) is 0.712. The number of rotatable bonds is 3.